The largest absolute Gasteiger partial charge is 0.332 e. The summed E-state index contributed by atoms with van der Waals surface area (Å²) in [6, 6.07) is 3.09. The number of hydrogen-bond acceptors (Lipinski definition) is 3. The lowest BCUT2D eigenvalue weighted by Gasteiger charge is -2.09. The molecule has 0 unspecified atom stereocenters. The van der Waals surface area contributed by atoms with Crippen molar-refractivity contribution in [2.24, 2.45) is 5.92 Å². The molecule has 2 heterocycles. The van der Waals surface area contributed by atoms with E-state index in [4.69, 9.17) is 11.6 Å². The van der Waals surface area contributed by atoms with Gasteiger partial charge in [-0.15, -0.1) is 0 Å². The van der Waals surface area contributed by atoms with Gasteiger partial charge in [0, 0.05) is 25.0 Å². The maximum Gasteiger partial charge on any atom is 0.332 e. The van der Waals surface area contributed by atoms with Crippen LogP contribution in [0.5, 0.6) is 0 Å². The Morgan fingerprint density at radius 1 is 1.23 bits per heavy atom. The van der Waals surface area contributed by atoms with Gasteiger partial charge in [-0.05, 0) is 24.8 Å². The number of nitrogens with zero attached hydrogens (tertiary/aromatic N) is 4. The first-order valence-electron chi connectivity index (χ1n) is 7.08. The van der Waals surface area contributed by atoms with Crippen molar-refractivity contribution < 1.29 is 0 Å². The summed E-state index contributed by atoms with van der Waals surface area (Å²) >= 11 is 6.01. The lowest BCUT2D eigenvalue weighted by molar-refractivity contribution is 0.551. The molecule has 0 N–H and O–H groups in total. The summed E-state index contributed by atoms with van der Waals surface area (Å²) < 4.78 is 4.24. The van der Waals surface area contributed by atoms with Gasteiger partial charge in [0.1, 0.15) is 11.7 Å². The Morgan fingerprint density at radius 2 is 2.00 bits per heavy atom. The minimum atomic E-state index is -0.421. The van der Waals surface area contributed by atoms with E-state index in [0.717, 1.165) is 17.4 Å². The third kappa shape index (κ3) is 3.31. The molecule has 3 rings (SSSR count). The Labute approximate surface area is 131 Å². The molecule has 0 atom stereocenters. The average molecular weight is 319 g/mol. The molecule has 0 spiro atoms. The SMILES string of the molecule is O=c1cc(Cl)n(CC2CC2)c(=O)n1CC#CCn1cccn1. The normalized spacial score (nSPS) is 13.7. The monoisotopic (exact) mass is 318 g/mol. The van der Waals surface area contributed by atoms with E-state index >= 15 is 0 Å². The summed E-state index contributed by atoms with van der Waals surface area (Å²) in [5, 5.41) is 4.22. The van der Waals surface area contributed by atoms with Crippen LogP contribution in [0.25, 0.3) is 0 Å². The summed E-state index contributed by atoms with van der Waals surface area (Å²) in [6.45, 7) is 1.05. The molecule has 22 heavy (non-hydrogen) atoms. The predicted molar refractivity (Wildman–Crippen MR) is 82.7 cm³/mol. The van der Waals surface area contributed by atoms with Crippen LogP contribution in [-0.4, -0.2) is 18.9 Å². The lowest BCUT2D eigenvalue weighted by Crippen LogP contribution is -2.39. The molecule has 2 aromatic heterocycles. The maximum atomic E-state index is 12.4. The van der Waals surface area contributed by atoms with Gasteiger partial charge in [-0.2, -0.15) is 5.10 Å². The average Bonchev–Trinajstić information content (AvgIpc) is 3.16. The lowest BCUT2D eigenvalue weighted by atomic mass is 10.4. The minimum Gasteiger partial charge on any atom is -0.283 e. The fourth-order valence-corrected chi connectivity index (χ4v) is 2.36. The molecule has 1 aliphatic carbocycles. The molecule has 2 aromatic rings. The molecule has 7 heteroatoms. The summed E-state index contributed by atoms with van der Waals surface area (Å²) in [4.78, 5) is 24.3. The van der Waals surface area contributed by atoms with Gasteiger partial charge in [-0.1, -0.05) is 23.4 Å². The molecule has 0 saturated heterocycles. The van der Waals surface area contributed by atoms with Crippen LogP contribution in [0.15, 0.2) is 34.1 Å². The summed E-state index contributed by atoms with van der Waals surface area (Å²) in [7, 11) is 0. The van der Waals surface area contributed by atoms with Gasteiger partial charge in [0.15, 0.2) is 0 Å². The van der Waals surface area contributed by atoms with Crippen LogP contribution in [0.2, 0.25) is 5.15 Å². The van der Waals surface area contributed by atoms with Gasteiger partial charge < -0.3 is 0 Å². The van der Waals surface area contributed by atoms with Gasteiger partial charge in [0.25, 0.3) is 5.56 Å². The predicted octanol–water partition coefficient (Wildman–Crippen LogP) is 0.974. The van der Waals surface area contributed by atoms with Gasteiger partial charge >= 0.3 is 5.69 Å². The van der Waals surface area contributed by atoms with Crippen LogP contribution >= 0.6 is 11.6 Å². The number of halogens is 1. The quantitative estimate of drug-likeness (QED) is 0.623. The van der Waals surface area contributed by atoms with Crippen molar-refractivity contribution in [1.82, 2.24) is 18.9 Å². The first-order valence-corrected chi connectivity index (χ1v) is 7.46. The highest BCUT2D eigenvalue weighted by Gasteiger charge is 2.23. The molecule has 6 nitrogen and oxygen atoms in total. The van der Waals surface area contributed by atoms with E-state index < -0.39 is 11.2 Å². The van der Waals surface area contributed by atoms with Gasteiger partial charge in [-0.3, -0.25) is 14.0 Å². The second-order valence-electron chi connectivity index (χ2n) is 5.29. The van der Waals surface area contributed by atoms with Crippen molar-refractivity contribution in [1.29, 1.82) is 0 Å². The van der Waals surface area contributed by atoms with Crippen molar-refractivity contribution in [3.8, 4) is 11.8 Å². The van der Waals surface area contributed by atoms with E-state index in [1.165, 1.54) is 10.6 Å². The molecule has 0 aliphatic heterocycles. The molecule has 0 bridgehead atoms. The van der Waals surface area contributed by atoms with E-state index in [9.17, 15) is 9.59 Å². The maximum absolute atomic E-state index is 12.4. The number of aromatic nitrogens is 4. The van der Waals surface area contributed by atoms with Crippen LogP contribution in [0.4, 0.5) is 0 Å². The summed E-state index contributed by atoms with van der Waals surface area (Å²) in [6.07, 6.45) is 5.67. The summed E-state index contributed by atoms with van der Waals surface area (Å²) in [5.74, 6) is 6.21. The zero-order chi connectivity index (χ0) is 15.5. The zero-order valence-corrected chi connectivity index (χ0v) is 12.7. The molecule has 114 valence electrons. The van der Waals surface area contributed by atoms with Crippen LogP contribution in [-0.2, 0) is 19.6 Å². The van der Waals surface area contributed by atoms with E-state index in [1.54, 1.807) is 17.1 Å². The van der Waals surface area contributed by atoms with E-state index in [-0.39, 0.29) is 11.7 Å². The Morgan fingerprint density at radius 3 is 2.68 bits per heavy atom. The third-order valence-corrected chi connectivity index (χ3v) is 3.84. The minimum absolute atomic E-state index is 0.0563. The number of rotatable bonds is 4. The van der Waals surface area contributed by atoms with Gasteiger partial charge in [0.2, 0.25) is 0 Å². The van der Waals surface area contributed by atoms with Crippen LogP contribution in [0.1, 0.15) is 12.8 Å². The molecule has 1 aliphatic rings. The van der Waals surface area contributed by atoms with E-state index in [0.29, 0.717) is 19.0 Å². The standard InChI is InChI=1S/C15H15ClN4O2/c16-13-10-14(21)19(15(22)20(13)11-12-4-5-12)9-2-1-7-18-8-3-6-17-18/h3,6,8,10,12H,4-5,7,9,11H2. The first-order chi connectivity index (χ1) is 10.6. The van der Waals surface area contributed by atoms with E-state index in [1.807, 2.05) is 6.07 Å². The van der Waals surface area contributed by atoms with Crippen molar-refractivity contribution in [3.05, 3.63) is 50.5 Å². The van der Waals surface area contributed by atoms with Crippen LogP contribution < -0.4 is 11.2 Å². The molecule has 1 saturated carbocycles. The Hall–Kier alpha value is -2.26. The fraction of sp³-hybridized carbons (Fsp3) is 0.400. The highest BCUT2D eigenvalue weighted by molar-refractivity contribution is 6.29. The summed E-state index contributed by atoms with van der Waals surface area (Å²) in [5.41, 5.74) is -0.812. The molecule has 1 fully saturated rings. The Bertz CT molecular complexity index is 835. The van der Waals surface area contributed by atoms with E-state index in [2.05, 4.69) is 16.9 Å². The van der Waals surface area contributed by atoms with Crippen molar-refractivity contribution in [2.45, 2.75) is 32.5 Å². The highest BCUT2D eigenvalue weighted by Crippen LogP contribution is 2.30. The Kier molecular flexibility index (Phi) is 4.16. The van der Waals surface area contributed by atoms with Crippen molar-refractivity contribution in [3.63, 3.8) is 0 Å². The molecule has 0 amide bonds. The molecular formula is C15H15ClN4O2. The fourth-order valence-electron chi connectivity index (χ4n) is 2.12. The smallest absolute Gasteiger partial charge is 0.283 e. The van der Waals surface area contributed by atoms with Crippen molar-refractivity contribution >= 4 is 11.6 Å². The molecule has 0 radical (unpaired) electrons. The van der Waals surface area contributed by atoms with Crippen LogP contribution in [0, 0.1) is 17.8 Å². The first kappa shape index (κ1) is 14.7. The second kappa shape index (κ2) is 6.24. The van der Waals surface area contributed by atoms with Crippen LogP contribution in [0.3, 0.4) is 0 Å². The topological polar surface area (TPSA) is 61.8 Å². The highest BCUT2D eigenvalue weighted by atomic mass is 35.5. The van der Waals surface area contributed by atoms with Gasteiger partial charge in [0.05, 0.1) is 6.54 Å². The second-order valence-corrected chi connectivity index (χ2v) is 5.67. The number of hydrogen-bond donors (Lipinski definition) is 0. The third-order valence-electron chi connectivity index (χ3n) is 3.53. The molecule has 0 aromatic carbocycles. The zero-order valence-electron chi connectivity index (χ0n) is 11.9. The Balaban J connectivity index is 1.79. The molecular weight excluding hydrogens is 304 g/mol. The van der Waals surface area contributed by atoms with Crippen molar-refractivity contribution in [2.75, 3.05) is 0 Å². The van der Waals surface area contributed by atoms with Gasteiger partial charge in [-0.25, -0.2) is 9.36 Å².